The van der Waals surface area contributed by atoms with Crippen molar-refractivity contribution in [3.05, 3.63) is 22.7 Å². The first kappa shape index (κ1) is 17.9. The number of amides is 1. The molecule has 1 amide bonds. The van der Waals surface area contributed by atoms with E-state index >= 15 is 0 Å². The summed E-state index contributed by atoms with van der Waals surface area (Å²) in [4.78, 5) is 33.7. The van der Waals surface area contributed by atoms with Gasteiger partial charge in [0.15, 0.2) is 0 Å². The number of piperidine rings is 1. The molecule has 8 nitrogen and oxygen atoms in total. The fourth-order valence-electron chi connectivity index (χ4n) is 3.60. The molecule has 0 saturated carbocycles. The first-order valence-corrected chi connectivity index (χ1v) is 8.80. The molecule has 0 aliphatic carbocycles. The molecular formula is C17H27N5O3. The Labute approximate surface area is 147 Å². The standard InChI is InChI=1S/C17H27N5O3/c1-19(2)14-3-6-21(10-14)15-9-16(24)22(12-18-15)11-17(25)4-7-20(13-23)8-5-17/h9,12-14,25H,3-8,10-11H2,1-2H3. The number of aromatic nitrogens is 2. The van der Waals surface area contributed by atoms with E-state index in [0.717, 1.165) is 25.9 Å². The largest absolute Gasteiger partial charge is 0.388 e. The SMILES string of the molecule is CN(C)C1CCN(c2cc(=O)n(CC3(O)CCN(C=O)CC3)cn2)C1. The van der Waals surface area contributed by atoms with Crippen LogP contribution in [0.3, 0.4) is 0 Å². The average Bonchev–Trinajstić information content (AvgIpc) is 3.08. The molecule has 1 unspecified atom stereocenters. The summed E-state index contributed by atoms with van der Waals surface area (Å²) in [5, 5.41) is 10.7. The van der Waals surface area contributed by atoms with Gasteiger partial charge in [0.25, 0.3) is 5.56 Å². The number of anilines is 1. The highest BCUT2D eigenvalue weighted by Gasteiger charge is 2.33. The Morgan fingerprint density at radius 1 is 1.36 bits per heavy atom. The minimum atomic E-state index is -0.962. The summed E-state index contributed by atoms with van der Waals surface area (Å²) in [6, 6.07) is 2.04. The van der Waals surface area contributed by atoms with Gasteiger partial charge in [-0.1, -0.05) is 0 Å². The van der Waals surface area contributed by atoms with Gasteiger partial charge in [-0.25, -0.2) is 4.98 Å². The second-order valence-electron chi connectivity index (χ2n) is 7.43. The molecule has 0 spiro atoms. The van der Waals surface area contributed by atoms with Crippen LogP contribution in [0.1, 0.15) is 19.3 Å². The Morgan fingerprint density at radius 3 is 2.64 bits per heavy atom. The summed E-state index contributed by atoms with van der Waals surface area (Å²) >= 11 is 0. The van der Waals surface area contributed by atoms with Crippen LogP contribution < -0.4 is 10.5 Å². The van der Waals surface area contributed by atoms with Gasteiger partial charge in [-0.3, -0.25) is 14.2 Å². The number of carbonyl (C=O) groups excluding carboxylic acids is 1. The third kappa shape index (κ3) is 4.01. The maximum atomic E-state index is 12.5. The molecule has 1 N–H and O–H groups in total. The summed E-state index contributed by atoms with van der Waals surface area (Å²) in [6.45, 7) is 3.01. The van der Waals surface area contributed by atoms with Gasteiger partial charge >= 0.3 is 0 Å². The molecule has 0 bridgehead atoms. The van der Waals surface area contributed by atoms with E-state index in [9.17, 15) is 14.7 Å². The predicted octanol–water partition coefficient (Wildman–Crippen LogP) is -0.633. The van der Waals surface area contributed by atoms with Crippen molar-refractivity contribution in [2.45, 2.75) is 37.5 Å². The summed E-state index contributed by atoms with van der Waals surface area (Å²) < 4.78 is 1.47. The minimum absolute atomic E-state index is 0.149. The van der Waals surface area contributed by atoms with Crippen LogP contribution in [-0.4, -0.2) is 82.8 Å². The molecule has 1 atom stereocenters. The quantitative estimate of drug-likeness (QED) is 0.713. The van der Waals surface area contributed by atoms with E-state index in [2.05, 4.69) is 28.9 Å². The summed E-state index contributed by atoms with van der Waals surface area (Å²) in [5.74, 6) is 0.702. The number of rotatable bonds is 5. The number of hydrogen-bond donors (Lipinski definition) is 1. The van der Waals surface area contributed by atoms with Crippen molar-refractivity contribution in [2.24, 2.45) is 0 Å². The topological polar surface area (TPSA) is 81.9 Å². The highest BCUT2D eigenvalue weighted by atomic mass is 16.3. The van der Waals surface area contributed by atoms with E-state index in [1.807, 2.05) is 0 Å². The zero-order chi connectivity index (χ0) is 18.0. The van der Waals surface area contributed by atoms with Gasteiger partial charge in [0.1, 0.15) is 5.82 Å². The van der Waals surface area contributed by atoms with E-state index in [4.69, 9.17) is 0 Å². The molecule has 2 fully saturated rings. The van der Waals surface area contributed by atoms with Gasteiger partial charge in [0, 0.05) is 38.3 Å². The van der Waals surface area contributed by atoms with Crippen molar-refractivity contribution in [3.8, 4) is 0 Å². The molecule has 2 aliphatic rings. The lowest BCUT2D eigenvalue weighted by Gasteiger charge is -2.36. The third-order valence-electron chi connectivity index (χ3n) is 5.43. The maximum Gasteiger partial charge on any atom is 0.255 e. The Kier molecular flexibility index (Phi) is 5.10. The van der Waals surface area contributed by atoms with Crippen molar-refractivity contribution in [2.75, 3.05) is 45.2 Å². The molecule has 2 aliphatic heterocycles. The van der Waals surface area contributed by atoms with Gasteiger partial charge in [-0.05, 0) is 33.4 Å². The Balaban J connectivity index is 1.67. The van der Waals surface area contributed by atoms with Crippen LogP contribution >= 0.6 is 0 Å². The average molecular weight is 349 g/mol. The first-order chi connectivity index (χ1) is 11.9. The maximum absolute atomic E-state index is 12.5. The Hall–Kier alpha value is -1.93. The lowest BCUT2D eigenvalue weighted by molar-refractivity contribution is -0.122. The molecule has 3 rings (SSSR count). The highest BCUT2D eigenvalue weighted by molar-refractivity contribution is 5.47. The number of nitrogens with zero attached hydrogens (tertiary/aromatic N) is 5. The molecule has 25 heavy (non-hydrogen) atoms. The van der Waals surface area contributed by atoms with Crippen LogP contribution in [0.25, 0.3) is 0 Å². The number of aliphatic hydroxyl groups is 1. The van der Waals surface area contributed by atoms with E-state index in [1.54, 1.807) is 11.0 Å². The van der Waals surface area contributed by atoms with E-state index < -0.39 is 5.60 Å². The lowest BCUT2D eigenvalue weighted by Crippen LogP contribution is -2.47. The Morgan fingerprint density at radius 2 is 2.08 bits per heavy atom. The summed E-state index contributed by atoms with van der Waals surface area (Å²) in [5.41, 5.74) is -1.11. The van der Waals surface area contributed by atoms with E-state index in [1.165, 1.54) is 10.9 Å². The van der Waals surface area contributed by atoms with Crippen molar-refractivity contribution in [1.29, 1.82) is 0 Å². The minimum Gasteiger partial charge on any atom is -0.388 e. The zero-order valence-corrected chi connectivity index (χ0v) is 15.0. The van der Waals surface area contributed by atoms with Crippen LogP contribution in [0.2, 0.25) is 0 Å². The van der Waals surface area contributed by atoms with Crippen LogP contribution in [0.15, 0.2) is 17.2 Å². The molecule has 138 valence electrons. The predicted molar refractivity (Wildman–Crippen MR) is 94.6 cm³/mol. The molecule has 0 aromatic carbocycles. The van der Waals surface area contributed by atoms with E-state index in [-0.39, 0.29) is 12.1 Å². The highest BCUT2D eigenvalue weighted by Crippen LogP contribution is 2.23. The second kappa shape index (κ2) is 7.13. The van der Waals surface area contributed by atoms with Crippen molar-refractivity contribution in [1.82, 2.24) is 19.4 Å². The first-order valence-electron chi connectivity index (χ1n) is 8.80. The number of hydrogen-bond acceptors (Lipinski definition) is 6. The summed E-state index contributed by atoms with van der Waals surface area (Å²) in [6.07, 6.45) is 4.34. The van der Waals surface area contributed by atoms with Crippen molar-refractivity contribution in [3.63, 3.8) is 0 Å². The van der Waals surface area contributed by atoms with Gasteiger partial charge in [0.2, 0.25) is 6.41 Å². The van der Waals surface area contributed by atoms with Gasteiger partial charge in [-0.2, -0.15) is 0 Å². The fraction of sp³-hybridized carbons (Fsp3) is 0.706. The number of carbonyl (C=O) groups is 1. The van der Waals surface area contributed by atoms with Crippen LogP contribution in [0.5, 0.6) is 0 Å². The van der Waals surface area contributed by atoms with E-state index in [0.29, 0.717) is 37.8 Å². The van der Waals surface area contributed by atoms with Crippen molar-refractivity contribution >= 4 is 12.2 Å². The molecule has 3 heterocycles. The fourth-order valence-corrected chi connectivity index (χ4v) is 3.60. The lowest BCUT2D eigenvalue weighted by atomic mass is 9.91. The van der Waals surface area contributed by atoms with Crippen LogP contribution in [0.4, 0.5) is 5.82 Å². The summed E-state index contributed by atoms with van der Waals surface area (Å²) in [7, 11) is 4.13. The Bertz CT molecular complexity index is 666. The smallest absolute Gasteiger partial charge is 0.255 e. The molecule has 8 heteroatoms. The van der Waals surface area contributed by atoms with Gasteiger partial charge in [0.05, 0.1) is 18.5 Å². The zero-order valence-electron chi connectivity index (χ0n) is 15.0. The molecular weight excluding hydrogens is 322 g/mol. The van der Waals surface area contributed by atoms with Gasteiger partial charge < -0.3 is 19.8 Å². The molecule has 2 saturated heterocycles. The van der Waals surface area contributed by atoms with Crippen molar-refractivity contribution < 1.29 is 9.90 Å². The monoisotopic (exact) mass is 349 g/mol. The second-order valence-corrected chi connectivity index (χ2v) is 7.43. The molecule has 0 radical (unpaired) electrons. The van der Waals surface area contributed by atoms with Crippen LogP contribution in [-0.2, 0) is 11.3 Å². The number of likely N-dealkylation sites (N-methyl/N-ethyl adjacent to an activating group) is 1. The number of likely N-dealkylation sites (tertiary alicyclic amines) is 1. The molecule has 1 aromatic rings. The van der Waals surface area contributed by atoms with Gasteiger partial charge in [-0.15, -0.1) is 0 Å². The van der Waals surface area contributed by atoms with Crippen LogP contribution in [0, 0.1) is 0 Å². The third-order valence-corrected chi connectivity index (χ3v) is 5.43. The molecule has 1 aromatic heterocycles. The normalized spacial score (nSPS) is 23.3.